The molecule has 0 aliphatic carbocycles. The Morgan fingerprint density at radius 1 is 1.19 bits per heavy atom. The van der Waals surface area contributed by atoms with Gasteiger partial charge < -0.3 is 10.1 Å². The summed E-state index contributed by atoms with van der Waals surface area (Å²) in [5.41, 5.74) is 1.60. The highest BCUT2D eigenvalue weighted by Gasteiger charge is 2.06. The van der Waals surface area contributed by atoms with Gasteiger partial charge in [0, 0.05) is 18.2 Å². The topological polar surface area (TPSA) is 21.3 Å². The van der Waals surface area contributed by atoms with Gasteiger partial charge in [-0.05, 0) is 23.8 Å². The van der Waals surface area contributed by atoms with Crippen LogP contribution in [0, 0.1) is 5.82 Å². The first-order valence-corrected chi connectivity index (χ1v) is 7.32. The average molecular weight is 308 g/mol. The highest BCUT2D eigenvalue weighted by atomic mass is 35.5. The van der Waals surface area contributed by atoms with Crippen LogP contribution in [0.25, 0.3) is 0 Å². The molecular formula is C17H19ClFNO. The molecule has 0 saturated heterocycles. The van der Waals surface area contributed by atoms with Crippen LogP contribution in [0.3, 0.4) is 0 Å². The van der Waals surface area contributed by atoms with E-state index >= 15 is 0 Å². The zero-order chi connectivity index (χ0) is 15.2. The van der Waals surface area contributed by atoms with Crippen molar-refractivity contribution in [2.24, 2.45) is 0 Å². The summed E-state index contributed by atoms with van der Waals surface area (Å²) in [6.45, 7) is 5.10. The van der Waals surface area contributed by atoms with Gasteiger partial charge in [-0.2, -0.15) is 0 Å². The van der Waals surface area contributed by atoms with Crippen LogP contribution in [-0.2, 0) is 13.2 Å². The van der Waals surface area contributed by atoms with E-state index in [1.54, 1.807) is 18.2 Å². The quantitative estimate of drug-likeness (QED) is 0.845. The zero-order valence-corrected chi connectivity index (χ0v) is 13.0. The zero-order valence-electron chi connectivity index (χ0n) is 12.2. The van der Waals surface area contributed by atoms with E-state index in [0.29, 0.717) is 22.4 Å². The molecule has 0 atom stereocenters. The number of rotatable bonds is 6. The predicted molar refractivity (Wildman–Crippen MR) is 84.2 cm³/mol. The predicted octanol–water partition coefficient (Wildman–Crippen LogP) is 4.56. The van der Waals surface area contributed by atoms with Crippen molar-refractivity contribution in [3.05, 3.63) is 64.4 Å². The summed E-state index contributed by atoms with van der Waals surface area (Å²) in [6, 6.07) is 12.6. The molecule has 2 aromatic carbocycles. The van der Waals surface area contributed by atoms with Crippen molar-refractivity contribution in [1.82, 2.24) is 5.32 Å². The van der Waals surface area contributed by atoms with Crippen LogP contribution < -0.4 is 10.1 Å². The van der Waals surface area contributed by atoms with Gasteiger partial charge in [0.25, 0.3) is 0 Å². The number of halogens is 2. The van der Waals surface area contributed by atoms with Crippen LogP contribution in [0.2, 0.25) is 5.02 Å². The maximum absolute atomic E-state index is 13.5. The van der Waals surface area contributed by atoms with Crippen molar-refractivity contribution in [2.75, 3.05) is 0 Å². The van der Waals surface area contributed by atoms with Crippen LogP contribution in [-0.4, -0.2) is 6.04 Å². The van der Waals surface area contributed by atoms with Crippen LogP contribution in [0.15, 0.2) is 42.5 Å². The fraction of sp³-hybridized carbons (Fsp3) is 0.294. The lowest BCUT2D eigenvalue weighted by Crippen LogP contribution is -2.21. The summed E-state index contributed by atoms with van der Waals surface area (Å²) in [5.74, 6) is 0.291. The average Bonchev–Trinajstić information content (AvgIpc) is 2.45. The molecule has 0 radical (unpaired) electrons. The summed E-state index contributed by atoms with van der Waals surface area (Å²) in [7, 11) is 0. The molecule has 4 heteroatoms. The minimum atomic E-state index is -0.272. The molecule has 0 saturated carbocycles. The lowest BCUT2D eigenvalue weighted by Gasteiger charge is -2.12. The second-order valence-electron chi connectivity index (χ2n) is 5.18. The van der Waals surface area contributed by atoms with Gasteiger partial charge in [-0.15, -0.1) is 0 Å². The highest BCUT2D eigenvalue weighted by Crippen LogP contribution is 2.26. The highest BCUT2D eigenvalue weighted by molar-refractivity contribution is 6.32. The second kappa shape index (κ2) is 7.43. The number of hydrogen-bond donors (Lipinski definition) is 1. The van der Waals surface area contributed by atoms with Gasteiger partial charge in [-0.1, -0.05) is 49.7 Å². The molecule has 0 fully saturated rings. The number of ether oxygens (including phenoxy) is 1. The third kappa shape index (κ3) is 4.73. The van der Waals surface area contributed by atoms with Crippen LogP contribution in [0.5, 0.6) is 5.75 Å². The largest absolute Gasteiger partial charge is 0.487 e. The Hall–Kier alpha value is -1.58. The monoisotopic (exact) mass is 307 g/mol. The first-order valence-electron chi connectivity index (χ1n) is 6.94. The molecule has 0 bridgehead atoms. The van der Waals surface area contributed by atoms with E-state index in [1.807, 2.05) is 18.2 Å². The Balaban J connectivity index is 1.99. The molecule has 0 heterocycles. The summed E-state index contributed by atoms with van der Waals surface area (Å²) < 4.78 is 19.1. The maximum atomic E-state index is 13.5. The van der Waals surface area contributed by atoms with E-state index in [-0.39, 0.29) is 12.4 Å². The smallest absolute Gasteiger partial charge is 0.138 e. The molecule has 0 aliphatic rings. The minimum Gasteiger partial charge on any atom is -0.487 e. The van der Waals surface area contributed by atoms with Crippen molar-refractivity contribution in [3.8, 4) is 5.75 Å². The molecule has 0 amide bonds. The lowest BCUT2D eigenvalue weighted by molar-refractivity contribution is 0.300. The standard InChI is InChI=1S/C17H19ClFNO/c1-12(2)20-10-13-7-8-17(15(18)9-13)21-11-14-5-3-4-6-16(14)19/h3-9,12,20H,10-11H2,1-2H3. The summed E-state index contributed by atoms with van der Waals surface area (Å²) in [5, 5.41) is 3.86. The van der Waals surface area contributed by atoms with Gasteiger partial charge in [0.1, 0.15) is 18.2 Å². The molecule has 0 aliphatic heterocycles. The van der Waals surface area contributed by atoms with E-state index in [9.17, 15) is 4.39 Å². The van der Waals surface area contributed by atoms with Gasteiger partial charge in [-0.3, -0.25) is 0 Å². The van der Waals surface area contributed by atoms with Crippen molar-refractivity contribution < 1.29 is 9.13 Å². The van der Waals surface area contributed by atoms with Gasteiger partial charge >= 0.3 is 0 Å². The fourth-order valence-electron chi connectivity index (χ4n) is 1.86. The molecule has 112 valence electrons. The van der Waals surface area contributed by atoms with E-state index in [4.69, 9.17) is 16.3 Å². The minimum absolute atomic E-state index is 0.163. The van der Waals surface area contributed by atoms with E-state index < -0.39 is 0 Å². The summed E-state index contributed by atoms with van der Waals surface area (Å²) in [4.78, 5) is 0. The van der Waals surface area contributed by atoms with Gasteiger partial charge in [0.15, 0.2) is 0 Å². The van der Waals surface area contributed by atoms with Crippen LogP contribution >= 0.6 is 11.6 Å². The lowest BCUT2D eigenvalue weighted by atomic mass is 10.2. The molecule has 2 rings (SSSR count). The first kappa shape index (κ1) is 15.8. The summed E-state index contributed by atoms with van der Waals surface area (Å²) in [6.07, 6.45) is 0. The van der Waals surface area contributed by atoms with E-state index in [2.05, 4.69) is 19.2 Å². The van der Waals surface area contributed by atoms with Gasteiger partial charge in [0.2, 0.25) is 0 Å². The SMILES string of the molecule is CC(C)NCc1ccc(OCc2ccccc2F)c(Cl)c1. The Bertz CT molecular complexity index is 601. The van der Waals surface area contributed by atoms with Crippen LogP contribution in [0.1, 0.15) is 25.0 Å². The second-order valence-corrected chi connectivity index (χ2v) is 5.59. The molecular weight excluding hydrogens is 289 g/mol. The molecule has 2 nitrogen and oxygen atoms in total. The molecule has 0 aromatic heterocycles. The number of benzene rings is 2. The summed E-state index contributed by atoms with van der Waals surface area (Å²) >= 11 is 6.20. The van der Waals surface area contributed by atoms with Crippen molar-refractivity contribution >= 4 is 11.6 Å². The molecule has 21 heavy (non-hydrogen) atoms. The van der Waals surface area contributed by atoms with Crippen molar-refractivity contribution in [3.63, 3.8) is 0 Å². The van der Waals surface area contributed by atoms with Crippen LogP contribution in [0.4, 0.5) is 4.39 Å². The Labute approximate surface area is 129 Å². The van der Waals surface area contributed by atoms with Gasteiger partial charge in [0.05, 0.1) is 5.02 Å². The molecule has 0 spiro atoms. The molecule has 1 N–H and O–H groups in total. The molecule has 0 unspecified atom stereocenters. The Kier molecular flexibility index (Phi) is 5.59. The number of hydrogen-bond acceptors (Lipinski definition) is 2. The fourth-order valence-corrected chi connectivity index (χ4v) is 2.12. The van der Waals surface area contributed by atoms with E-state index in [1.165, 1.54) is 6.07 Å². The normalized spacial score (nSPS) is 10.9. The third-order valence-corrected chi connectivity index (χ3v) is 3.35. The van der Waals surface area contributed by atoms with Crippen molar-refractivity contribution in [2.45, 2.75) is 33.0 Å². The maximum Gasteiger partial charge on any atom is 0.138 e. The third-order valence-electron chi connectivity index (χ3n) is 3.05. The Morgan fingerprint density at radius 3 is 2.62 bits per heavy atom. The number of nitrogens with one attached hydrogen (secondary N) is 1. The van der Waals surface area contributed by atoms with Gasteiger partial charge in [-0.25, -0.2) is 4.39 Å². The Morgan fingerprint density at radius 2 is 1.95 bits per heavy atom. The van der Waals surface area contributed by atoms with Crippen molar-refractivity contribution in [1.29, 1.82) is 0 Å². The first-order chi connectivity index (χ1) is 10.1. The molecule has 2 aromatic rings. The van der Waals surface area contributed by atoms with E-state index in [0.717, 1.165) is 12.1 Å².